The molecule has 0 unspecified atom stereocenters. The predicted molar refractivity (Wildman–Crippen MR) is 109 cm³/mol. The van der Waals surface area contributed by atoms with Crippen molar-refractivity contribution >= 4 is 34.6 Å². The molecule has 0 bridgehead atoms. The van der Waals surface area contributed by atoms with E-state index in [4.69, 9.17) is 15.2 Å². The van der Waals surface area contributed by atoms with Crippen LogP contribution in [0.4, 0.5) is 0 Å². The molecular weight excluding hydrogens is 372 g/mol. The van der Waals surface area contributed by atoms with E-state index >= 15 is 0 Å². The predicted octanol–water partition coefficient (Wildman–Crippen LogP) is 2.27. The zero-order valence-electron chi connectivity index (χ0n) is 16.3. The minimum Gasteiger partial charge on any atom is -0.497 e. The van der Waals surface area contributed by atoms with Crippen molar-refractivity contribution in [2.24, 2.45) is 5.73 Å². The van der Waals surface area contributed by atoms with Crippen LogP contribution in [0.2, 0.25) is 0 Å². The summed E-state index contributed by atoms with van der Waals surface area (Å²) in [4.78, 5) is 37.2. The Hall–Kier alpha value is -3.35. The SMILES string of the molecule is COc1ccc2cc(/C=C/C(=O)OCC(=O)N3CCCC[C@H]3C(N)=O)ccc2c1. The molecule has 7 nitrogen and oxygen atoms in total. The molecule has 1 aliphatic heterocycles. The normalized spacial score (nSPS) is 16.7. The molecule has 3 rings (SSSR count). The lowest BCUT2D eigenvalue weighted by Crippen LogP contribution is -2.51. The van der Waals surface area contributed by atoms with Gasteiger partial charge in [-0.2, -0.15) is 0 Å². The van der Waals surface area contributed by atoms with Crippen molar-refractivity contribution in [3.63, 3.8) is 0 Å². The molecule has 7 heteroatoms. The standard InChI is InChI=1S/C22H24N2O5/c1-28-18-9-8-16-12-15(5-7-17(16)13-18)6-10-21(26)29-14-20(25)24-11-3-2-4-19(24)22(23)27/h5-10,12-13,19H,2-4,11,14H2,1H3,(H2,23,27)/b10-6+/t19-/m0/s1. The van der Waals surface area contributed by atoms with Crippen LogP contribution in [0.15, 0.2) is 42.5 Å². The molecule has 2 amide bonds. The Labute approximate surface area is 169 Å². The van der Waals surface area contributed by atoms with Crippen LogP contribution in [0.1, 0.15) is 24.8 Å². The van der Waals surface area contributed by atoms with Crippen LogP contribution in [0.5, 0.6) is 5.75 Å². The van der Waals surface area contributed by atoms with E-state index in [9.17, 15) is 14.4 Å². The largest absolute Gasteiger partial charge is 0.497 e. The van der Waals surface area contributed by atoms with Gasteiger partial charge in [-0.05, 0) is 59.9 Å². The Balaban J connectivity index is 1.57. The third-order valence-electron chi connectivity index (χ3n) is 4.97. The van der Waals surface area contributed by atoms with Crippen molar-refractivity contribution in [2.75, 3.05) is 20.3 Å². The Morgan fingerprint density at radius 1 is 1.14 bits per heavy atom. The summed E-state index contributed by atoms with van der Waals surface area (Å²) in [5.74, 6) is -0.782. The van der Waals surface area contributed by atoms with Gasteiger partial charge in [0.2, 0.25) is 5.91 Å². The van der Waals surface area contributed by atoms with Crippen LogP contribution in [0, 0.1) is 0 Å². The maximum atomic E-state index is 12.3. The van der Waals surface area contributed by atoms with E-state index < -0.39 is 30.4 Å². The fraction of sp³-hybridized carbons (Fsp3) is 0.318. The molecule has 2 aromatic carbocycles. The third-order valence-corrected chi connectivity index (χ3v) is 4.97. The molecule has 1 atom stereocenters. The number of ether oxygens (including phenoxy) is 2. The topological polar surface area (TPSA) is 98.9 Å². The monoisotopic (exact) mass is 396 g/mol. The average molecular weight is 396 g/mol. The maximum absolute atomic E-state index is 12.3. The zero-order valence-corrected chi connectivity index (χ0v) is 16.3. The van der Waals surface area contributed by atoms with Crippen LogP contribution >= 0.6 is 0 Å². The molecule has 2 aromatic rings. The smallest absolute Gasteiger partial charge is 0.331 e. The van der Waals surface area contributed by atoms with Gasteiger partial charge in [-0.15, -0.1) is 0 Å². The summed E-state index contributed by atoms with van der Waals surface area (Å²) in [6.07, 6.45) is 5.10. The molecule has 0 aromatic heterocycles. The first-order valence-corrected chi connectivity index (χ1v) is 9.49. The molecule has 1 heterocycles. The van der Waals surface area contributed by atoms with Crippen LogP contribution in [-0.2, 0) is 19.1 Å². The highest BCUT2D eigenvalue weighted by Gasteiger charge is 2.30. The fourth-order valence-corrected chi connectivity index (χ4v) is 3.43. The summed E-state index contributed by atoms with van der Waals surface area (Å²) in [6.45, 7) is 0.0339. The molecule has 2 N–H and O–H groups in total. The number of benzene rings is 2. The van der Waals surface area contributed by atoms with Crippen molar-refractivity contribution in [3.8, 4) is 5.75 Å². The van der Waals surface area contributed by atoms with Gasteiger partial charge in [0, 0.05) is 12.6 Å². The van der Waals surface area contributed by atoms with Crippen LogP contribution < -0.4 is 10.5 Å². The van der Waals surface area contributed by atoms with E-state index in [1.54, 1.807) is 13.2 Å². The van der Waals surface area contributed by atoms with E-state index in [-0.39, 0.29) is 0 Å². The van der Waals surface area contributed by atoms with E-state index in [2.05, 4.69) is 0 Å². The maximum Gasteiger partial charge on any atom is 0.331 e. The number of carbonyl (C=O) groups excluding carboxylic acids is 3. The fourth-order valence-electron chi connectivity index (χ4n) is 3.43. The van der Waals surface area contributed by atoms with Crippen LogP contribution in [0.3, 0.4) is 0 Å². The highest BCUT2D eigenvalue weighted by Crippen LogP contribution is 2.22. The summed E-state index contributed by atoms with van der Waals surface area (Å²) >= 11 is 0. The van der Waals surface area contributed by atoms with Gasteiger partial charge in [-0.25, -0.2) is 4.79 Å². The van der Waals surface area contributed by atoms with Gasteiger partial charge >= 0.3 is 5.97 Å². The number of carbonyl (C=O) groups is 3. The number of amides is 2. The number of esters is 1. The molecular formula is C22H24N2O5. The van der Waals surface area contributed by atoms with Gasteiger partial charge in [0.15, 0.2) is 6.61 Å². The molecule has 1 saturated heterocycles. The van der Waals surface area contributed by atoms with Crippen LogP contribution in [0.25, 0.3) is 16.8 Å². The third kappa shape index (κ3) is 5.13. The molecule has 1 fully saturated rings. The lowest BCUT2D eigenvalue weighted by molar-refractivity contribution is -0.151. The van der Waals surface area contributed by atoms with Gasteiger partial charge in [0.05, 0.1) is 7.11 Å². The van der Waals surface area contributed by atoms with Gasteiger partial charge in [-0.3, -0.25) is 9.59 Å². The number of likely N-dealkylation sites (tertiary alicyclic amines) is 1. The Morgan fingerprint density at radius 3 is 2.66 bits per heavy atom. The molecule has 1 aliphatic rings. The highest BCUT2D eigenvalue weighted by atomic mass is 16.5. The van der Waals surface area contributed by atoms with Gasteiger partial charge in [0.25, 0.3) is 5.91 Å². The number of primary amides is 1. The number of hydrogen-bond donors (Lipinski definition) is 1. The van der Waals surface area contributed by atoms with Crippen LogP contribution in [-0.4, -0.2) is 49.0 Å². The molecule has 29 heavy (non-hydrogen) atoms. The lowest BCUT2D eigenvalue weighted by Gasteiger charge is -2.33. The quantitative estimate of drug-likeness (QED) is 0.597. The number of fused-ring (bicyclic) bond motifs is 1. The first-order chi connectivity index (χ1) is 14.0. The zero-order chi connectivity index (χ0) is 20.8. The second-order valence-corrected chi connectivity index (χ2v) is 6.91. The number of methoxy groups -OCH3 is 1. The van der Waals surface area contributed by atoms with Crippen molar-refractivity contribution in [3.05, 3.63) is 48.0 Å². The van der Waals surface area contributed by atoms with Crippen molar-refractivity contribution < 1.29 is 23.9 Å². The Morgan fingerprint density at radius 2 is 1.90 bits per heavy atom. The lowest BCUT2D eigenvalue weighted by atomic mass is 10.0. The summed E-state index contributed by atoms with van der Waals surface area (Å²) < 4.78 is 10.2. The average Bonchev–Trinajstić information content (AvgIpc) is 2.75. The number of hydrogen-bond acceptors (Lipinski definition) is 5. The number of rotatable bonds is 6. The van der Waals surface area contributed by atoms with Crippen molar-refractivity contribution in [1.29, 1.82) is 0 Å². The summed E-state index contributed by atoms with van der Waals surface area (Å²) in [5.41, 5.74) is 6.19. The summed E-state index contributed by atoms with van der Waals surface area (Å²) in [6, 6.07) is 10.9. The van der Waals surface area contributed by atoms with E-state index in [0.717, 1.165) is 34.9 Å². The molecule has 152 valence electrons. The number of piperidine rings is 1. The second-order valence-electron chi connectivity index (χ2n) is 6.91. The molecule has 0 radical (unpaired) electrons. The summed E-state index contributed by atoms with van der Waals surface area (Å²) in [5, 5.41) is 2.04. The van der Waals surface area contributed by atoms with E-state index in [1.165, 1.54) is 11.0 Å². The number of nitrogens with zero attached hydrogens (tertiary/aromatic N) is 1. The highest BCUT2D eigenvalue weighted by molar-refractivity contribution is 5.92. The van der Waals surface area contributed by atoms with Crippen molar-refractivity contribution in [2.45, 2.75) is 25.3 Å². The minimum atomic E-state index is -0.624. The van der Waals surface area contributed by atoms with E-state index in [1.807, 2.05) is 36.4 Å². The second kappa shape index (κ2) is 9.23. The van der Waals surface area contributed by atoms with E-state index in [0.29, 0.717) is 13.0 Å². The first-order valence-electron chi connectivity index (χ1n) is 9.49. The summed E-state index contributed by atoms with van der Waals surface area (Å²) in [7, 11) is 1.62. The van der Waals surface area contributed by atoms with Gasteiger partial charge < -0.3 is 20.1 Å². The minimum absolute atomic E-state index is 0.407. The molecule has 0 aliphatic carbocycles. The number of nitrogens with two attached hydrogens (primary N) is 1. The Kier molecular flexibility index (Phi) is 6.49. The van der Waals surface area contributed by atoms with Gasteiger partial charge in [0.1, 0.15) is 11.8 Å². The molecule has 0 saturated carbocycles. The molecule has 0 spiro atoms. The Bertz CT molecular complexity index is 953. The van der Waals surface area contributed by atoms with Gasteiger partial charge in [-0.1, -0.05) is 18.2 Å². The first kappa shape index (κ1) is 20.4. The van der Waals surface area contributed by atoms with Crippen molar-refractivity contribution in [1.82, 2.24) is 4.90 Å².